The highest BCUT2D eigenvalue weighted by atomic mass is 16.7. The monoisotopic (exact) mass is 1330 g/mol. The van der Waals surface area contributed by atoms with Crippen LogP contribution in [0, 0.1) is 0 Å². The number of aliphatic hydroxyl groups is 5. The van der Waals surface area contributed by atoms with E-state index >= 15 is 0 Å². The van der Waals surface area contributed by atoms with Crippen LogP contribution in [0.5, 0.6) is 0 Å². The van der Waals surface area contributed by atoms with Crippen molar-refractivity contribution in [3.63, 3.8) is 0 Å². The van der Waals surface area contributed by atoms with Gasteiger partial charge in [0.15, 0.2) is 6.29 Å². The van der Waals surface area contributed by atoms with Gasteiger partial charge < -0.3 is 45.1 Å². The van der Waals surface area contributed by atoms with Gasteiger partial charge in [-0.2, -0.15) is 0 Å². The Morgan fingerprint density at radius 3 is 1.07 bits per heavy atom. The maximum Gasteiger partial charge on any atom is 0.305 e. The second-order valence-electron chi connectivity index (χ2n) is 28.8. The zero-order valence-corrected chi connectivity index (χ0v) is 62.0. The van der Waals surface area contributed by atoms with Gasteiger partial charge in [-0.1, -0.05) is 378 Å². The molecule has 7 atom stereocenters. The van der Waals surface area contributed by atoms with Crippen molar-refractivity contribution in [2.75, 3.05) is 19.8 Å². The van der Waals surface area contributed by atoms with Gasteiger partial charge in [0, 0.05) is 12.8 Å². The summed E-state index contributed by atoms with van der Waals surface area (Å²) < 4.78 is 16.8. The van der Waals surface area contributed by atoms with Crippen molar-refractivity contribution in [3.8, 4) is 0 Å². The molecule has 1 aliphatic rings. The lowest BCUT2D eigenvalue weighted by Gasteiger charge is -2.40. The van der Waals surface area contributed by atoms with Crippen molar-refractivity contribution in [1.82, 2.24) is 5.32 Å². The minimum absolute atomic E-state index is 0.0182. The molecule has 0 spiro atoms. The Kier molecular flexibility index (Phi) is 69.0. The summed E-state index contributed by atoms with van der Waals surface area (Å²) in [6.45, 7) is 4.38. The maximum atomic E-state index is 13.0. The SMILES string of the molecule is CCCCCCCCCC/C=C/C(O)C(COC1OC(CO)C(O)C(O)C1O)NC(=O)CCCCCCCCCCCCCCCCCCC/C=C\C/C=C\CCCCCCCCCCCCCCCOC(=O)CCCCCCCCCCCCCCCCCCCCC. The fraction of sp³-hybridized carbons (Fsp3) is 0.904. The summed E-state index contributed by atoms with van der Waals surface area (Å²) in [5.41, 5.74) is 0. The third kappa shape index (κ3) is 59.9. The number of carbonyl (C=O) groups excluding carboxylic acids is 2. The predicted octanol–water partition coefficient (Wildman–Crippen LogP) is 22.5. The van der Waals surface area contributed by atoms with E-state index in [0.717, 1.165) is 57.8 Å². The van der Waals surface area contributed by atoms with Gasteiger partial charge in [0.1, 0.15) is 24.4 Å². The molecule has 0 aromatic heterocycles. The average molecular weight is 1330 g/mol. The van der Waals surface area contributed by atoms with E-state index in [1.54, 1.807) is 6.08 Å². The second kappa shape index (κ2) is 72.1. The van der Waals surface area contributed by atoms with Crippen molar-refractivity contribution in [2.24, 2.45) is 0 Å². The summed E-state index contributed by atoms with van der Waals surface area (Å²) in [5.74, 6) is -0.160. The molecule has 0 aliphatic carbocycles. The van der Waals surface area contributed by atoms with Crippen LogP contribution in [0.15, 0.2) is 36.5 Å². The summed E-state index contributed by atoms with van der Waals surface area (Å²) in [6.07, 6.45) is 84.9. The molecule has 7 unspecified atom stereocenters. The zero-order valence-electron chi connectivity index (χ0n) is 62.0. The molecule has 1 heterocycles. The summed E-state index contributed by atoms with van der Waals surface area (Å²) in [6, 6.07) is -0.807. The Hall–Kier alpha value is -2.12. The third-order valence-electron chi connectivity index (χ3n) is 19.7. The maximum absolute atomic E-state index is 13.0. The zero-order chi connectivity index (χ0) is 67.9. The predicted molar refractivity (Wildman–Crippen MR) is 398 cm³/mol. The fourth-order valence-electron chi connectivity index (χ4n) is 13.3. The molecule has 1 aliphatic heterocycles. The number of aliphatic hydroxyl groups excluding tert-OH is 5. The normalized spacial score (nSPS) is 17.5. The lowest BCUT2D eigenvalue weighted by atomic mass is 9.99. The van der Waals surface area contributed by atoms with E-state index in [-0.39, 0.29) is 18.5 Å². The lowest BCUT2D eigenvalue weighted by molar-refractivity contribution is -0.302. The first-order chi connectivity index (χ1) is 46.2. The van der Waals surface area contributed by atoms with Crippen molar-refractivity contribution < 1.29 is 49.3 Å². The largest absolute Gasteiger partial charge is 0.466 e. The molecule has 0 radical (unpaired) electrons. The van der Waals surface area contributed by atoms with Crippen molar-refractivity contribution in [2.45, 2.75) is 461 Å². The summed E-state index contributed by atoms with van der Waals surface area (Å²) in [5, 5.41) is 54.4. The molecule has 11 nitrogen and oxygen atoms in total. The number of ether oxygens (including phenoxy) is 3. The molecule has 0 bridgehead atoms. The number of unbranched alkanes of at least 4 members (excludes halogenated alkanes) is 56. The Bertz CT molecular complexity index is 1660. The van der Waals surface area contributed by atoms with Crippen LogP contribution in [0.2, 0.25) is 0 Å². The van der Waals surface area contributed by atoms with Gasteiger partial charge in [0.25, 0.3) is 0 Å². The summed E-state index contributed by atoms with van der Waals surface area (Å²) in [7, 11) is 0. The molecule has 0 aromatic carbocycles. The molecule has 0 saturated carbocycles. The topological polar surface area (TPSA) is 175 Å². The molecule has 6 N–H and O–H groups in total. The first-order valence-electron chi connectivity index (χ1n) is 41.3. The van der Waals surface area contributed by atoms with Gasteiger partial charge in [0.2, 0.25) is 5.91 Å². The second-order valence-corrected chi connectivity index (χ2v) is 28.8. The number of hydrogen-bond donors (Lipinski definition) is 6. The first-order valence-corrected chi connectivity index (χ1v) is 41.3. The lowest BCUT2D eigenvalue weighted by Crippen LogP contribution is -2.60. The molecule has 0 aromatic rings. The van der Waals surface area contributed by atoms with Crippen LogP contribution >= 0.6 is 0 Å². The van der Waals surface area contributed by atoms with Crippen LogP contribution in [0.3, 0.4) is 0 Å². The molecule has 1 saturated heterocycles. The highest BCUT2D eigenvalue weighted by Gasteiger charge is 2.44. The first kappa shape index (κ1) is 89.9. The van der Waals surface area contributed by atoms with Crippen LogP contribution in [-0.2, 0) is 23.8 Å². The Morgan fingerprint density at radius 1 is 0.394 bits per heavy atom. The van der Waals surface area contributed by atoms with Gasteiger partial charge in [-0.15, -0.1) is 0 Å². The molecule has 1 fully saturated rings. The number of allylic oxidation sites excluding steroid dienone is 5. The standard InChI is InChI=1S/C83H157NO10/c1-3-5-7-9-11-13-15-16-17-18-38-42-45-48-51-55-59-63-67-71-79(88)92-72-68-64-60-56-52-49-46-43-40-37-35-33-31-29-27-25-23-21-19-20-22-24-26-28-30-32-34-36-39-41-44-47-50-54-58-62-66-70-78(87)84-75(74-93-83-82(91)81(90)80(89)77(73-85)94-83)76(86)69-65-61-57-53-14-12-10-8-6-4-2/h19,21,25,27,65,69,75-77,80-83,85-86,89-91H,3-18,20,22-24,26,28-64,66-68,70-74H2,1-2H3,(H,84,87)/b21-19-,27-25-,69-65+. The van der Waals surface area contributed by atoms with Crippen LogP contribution in [-0.4, -0.2) is 100 Å². The van der Waals surface area contributed by atoms with E-state index in [9.17, 15) is 35.1 Å². The van der Waals surface area contributed by atoms with Crippen molar-refractivity contribution in [1.29, 1.82) is 0 Å². The minimum Gasteiger partial charge on any atom is -0.466 e. The Balaban J connectivity index is 1.86. The van der Waals surface area contributed by atoms with E-state index in [2.05, 4.69) is 43.5 Å². The highest BCUT2D eigenvalue weighted by molar-refractivity contribution is 5.76. The quantitative estimate of drug-likeness (QED) is 0.0195. The van der Waals surface area contributed by atoms with Gasteiger partial charge >= 0.3 is 5.97 Å². The van der Waals surface area contributed by atoms with E-state index in [0.29, 0.717) is 19.4 Å². The van der Waals surface area contributed by atoms with Crippen LogP contribution in [0.4, 0.5) is 0 Å². The third-order valence-corrected chi connectivity index (χ3v) is 19.7. The smallest absolute Gasteiger partial charge is 0.305 e. The minimum atomic E-state index is -1.57. The van der Waals surface area contributed by atoms with Crippen molar-refractivity contribution in [3.05, 3.63) is 36.5 Å². The van der Waals surface area contributed by atoms with Gasteiger partial charge in [-0.05, 0) is 64.2 Å². The Labute approximate surface area is 581 Å². The molecular formula is C83H157NO10. The summed E-state index contributed by atoms with van der Waals surface area (Å²) >= 11 is 0. The number of carbonyl (C=O) groups is 2. The van der Waals surface area contributed by atoms with Crippen LogP contribution < -0.4 is 5.32 Å². The van der Waals surface area contributed by atoms with Crippen LogP contribution in [0.1, 0.15) is 418 Å². The molecule has 94 heavy (non-hydrogen) atoms. The van der Waals surface area contributed by atoms with Crippen LogP contribution in [0.25, 0.3) is 0 Å². The number of esters is 1. The summed E-state index contributed by atoms with van der Waals surface area (Å²) in [4.78, 5) is 25.2. The number of nitrogens with one attached hydrogen (secondary N) is 1. The molecular weight excluding hydrogens is 1170 g/mol. The molecule has 11 heteroatoms. The Morgan fingerprint density at radius 2 is 0.713 bits per heavy atom. The number of amides is 1. The highest BCUT2D eigenvalue weighted by Crippen LogP contribution is 2.24. The van der Waals surface area contributed by atoms with Crippen molar-refractivity contribution >= 4 is 11.9 Å². The fourth-order valence-corrected chi connectivity index (χ4v) is 13.3. The number of hydrogen-bond acceptors (Lipinski definition) is 10. The van der Waals surface area contributed by atoms with E-state index < -0.39 is 49.5 Å². The van der Waals surface area contributed by atoms with E-state index in [4.69, 9.17) is 14.2 Å². The average Bonchev–Trinajstić information content (AvgIpc) is 0.852. The van der Waals surface area contributed by atoms with E-state index in [1.807, 2.05) is 6.08 Å². The molecule has 1 amide bonds. The molecule has 554 valence electrons. The number of rotatable bonds is 74. The van der Waals surface area contributed by atoms with Gasteiger partial charge in [-0.3, -0.25) is 9.59 Å². The molecule has 1 rings (SSSR count). The van der Waals surface area contributed by atoms with Gasteiger partial charge in [-0.25, -0.2) is 0 Å². The van der Waals surface area contributed by atoms with Gasteiger partial charge in [0.05, 0.1) is 32.0 Å². The van der Waals surface area contributed by atoms with E-state index in [1.165, 1.54) is 334 Å².